The third kappa shape index (κ3) is 8.46. The van der Waals surface area contributed by atoms with Gasteiger partial charge in [0.25, 0.3) is 0 Å². The summed E-state index contributed by atoms with van der Waals surface area (Å²) in [5.41, 5.74) is 1.82. The number of ether oxygens (including phenoxy) is 2. The first-order valence-electron chi connectivity index (χ1n) is 17.3. The zero-order chi connectivity index (χ0) is 35.3. The van der Waals surface area contributed by atoms with Gasteiger partial charge in [-0.05, 0) is 74.6 Å². The molecule has 0 fully saturated rings. The molecule has 7 aromatic rings. The predicted octanol–water partition coefficient (Wildman–Crippen LogP) is 9.48. The van der Waals surface area contributed by atoms with E-state index < -0.39 is 7.26 Å². The van der Waals surface area contributed by atoms with Gasteiger partial charge in [0.15, 0.2) is 5.11 Å². The van der Waals surface area contributed by atoms with Crippen molar-refractivity contribution in [3.8, 4) is 11.5 Å². The quantitative estimate of drug-likeness (QED) is 0.110. The number of hydrogen-bond donors (Lipinski definition) is 2. The van der Waals surface area contributed by atoms with Crippen LogP contribution in [0.1, 0.15) is 13.8 Å². The minimum absolute atomic E-state index is 0.535. The van der Waals surface area contributed by atoms with Gasteiger partial charge in [-0.2, -0.15) is 0 Å². The summed E-state index contributed by atoms with van der Waals surface area (Å²) >= 11 is 5.30. The van der Waals surface area contributed by atoms with Crippen molar-refractivity contribution in [3.05, 3.63) is 182 Å². The second kappa shape index (κ2) is 17.4. The summed E-state index contributed by atoms with van der Waals surface area (Å²) in [5.74, 6) is 1.69. The minimum atomic E-state index is -2.46. The second-order valence-electron chi connectivity index (χ2n) is 11.9. The standard InChI is InChI=1S/C28H23P.C17H20N2O2S/c1-4-15-24(16-5-1)29(25-17-6-2-7-18-25,26-19-8-3-9-20-26)28-22-12-14-23-13-10-11-21-27(23)28;1-3-20-15-9-5-13(6-10-15)18-17(22)19-14-7-11-16(12-8-14)21-4-2/h1-22,29H;5-12H,3-4H2,1-2H3,(H2,18,19,22). The van der Waals surface area contributed by atoms with E-state index >= 15 is 0 Å². The topological polar surface area (TPSA) is 42.5 Å². The van der Waals surface area contributed by atoms with Crippen molar-refractivity contribution in [2.75, 3.05) is 23.8 Å². The van der Waals surface area contributed by atoms with E-state index in [4.69, 9.17) is 21.7 Å². The molecule has 0 aliphatic carbocycles. The molecule has 0 spiro atoms. The van der Waals surface area contributed by atoms with Crippen LogP contribution >= 0.6 is 19.5 Å². The van der Waals surface area contributed by atoms with Crippen LogP contribution in [0.25, 0.3) is 10.8 Å². The average Bonchev–Trinajstić information content (AvgIpc) is 3.19. The van der Waals surface area contributed by atoms with E-state index in [1.165, 1.54) is 32.0 Å². The summed E-state index contributed by atoms with van der Waals surface area (Å²) in [7, 11) is -2.46. The first-order valence-corrected chi connectivity index (χ1v) is 19.7. The fraction of sp³-hybridized carbons (Fsp3) is 0.0889. The van der Waals surface area contributed by atoms with Gasteiger partial charge in [-0.15, -0.1) is 0 Å². The molecule has 2 N–H and O–H groups in total. The van der Waals surface area contributed by atoms with E-state index in [1.54, 1.807) is 0 Å². The Labute approximate surface area is 307 Å². The molecule has 0 aliphatic rings. The SMILES string of the molecule is CCOc1ccc(NC(=S)Nc2ccc(OCC)cc2)cc1.c1ccc([PH](c2ccccc2)(c2ccccc2)c2cccc3ccccc23)cc1. The number of hydrogen-bond acceptors (Lipinski definition) is 3. The van der Waals surface area contributed by atoms with E-state index in [2.05, 4.69) is 144 Å². The van der Waals surface area contributed by atoms with Gasteiger partial charge in [-0.3, -0.25) is 0 Å². The second-order valence-corrected chi connectivity index (χ2v) is 16.0. The van der Waals surface area contributed by atoms with E-state index in [9.17, 15) is 0 Å². The van der Waals surface area contributed by atoms with E-state index in [0.717, 1.165) is 22.9 Å². The Hall–Kier alpha value is -5.48. The third-order valence-electron chi connectivity index (χ3n) is 8.66. The molecule has 7 rings (SSSR count). The van der Waals surface area contributed by atoms with E-state index in [0.29, 0.717) is 18.3 Å². The van der Waals surface area contributed by atoms with Crippen molar-refractivity contribution in [1.29, 1.82) is 0 Å². The zero-order valence-corrected chi connectivity index (χ0v) is 30.8. The first-order chi connectivity index (χ1) is 25.1. The van der Waals surface area contributed by atoms with Crippen molar-refractivity contribution in [2.24, 2.45) is 0 Å². The van der Waals surface area contributed by atoms with Gasteiger partial charge in [0.05, 0.1) is 13.2 Å². The average molecular weight is 707 g/mol. The van der Waals surface area contributed by atoms with Gasteiger partial charge >= 0.3 is 173 Å². The fourth-order valence-corrected chi connectivity index (χ4v) is 11.7. The summed E-state index contributed by atoms with van der Waals surface area (Å²) in [6.07, 6.45) is 0. The summed E-state index contributed by atoms with van der Waals surface area (Å²) in [6, 6.07) is 64.2. The maximum absolute atomic E-state index is 5.40. The fourth-order valence-electron chi connectivity index (χ4n) is 6.48. The Balaban J connectivity index is 0.000000183. The van der Waals surface area contributed by atoms with Gasteiger partial charge in [-0.1, -0.05) is 0 Å². The normalized spacial score (nSPS) is 11.1. The number of benzene rings is 7. The molecule has 7 aromatic carbocycles. The van der Waals surface area contributed by atoms with Crippen LogP contribution in [-0.2, 0) is 0 Å². The molecule has 0 heterocycles. The molecule has 256 valence electrons. The maximum atomic E-state index is 5.40. The molecular weight excluding hydrogens is 664 g/mol. The molecule has 0 unspecified atom stereocenters. The molecule has 0 saturated heterocycles. The Bertz CT molecular complexity index is 1970. The Morgan fingerprint density at radius 2 is 0.863 bits per heavy atom. The number of nitrogens with one attached hydrogen (secondary N) is 2. The molecule has 6 heteroatoms. The molecule has 0 bridgehead atoms. The Kier molecular flexibility index (Phi) is 12.1. The van der Waals surface area contributed by atoms with Crippen LogP contribution in [0.15, 0.2) is 182 Å². The summed E-state index contributed by atoms with van der Waals surface area (Å²) in [4.78, 5) is 0. The van der Waals surface area contributed by atoms with E-state index in [-0.39, 0.29) is 0 Å². The molecule has 0 aliphatic heterocycles. The predicted molar refractivity (Wildman–Crippen MR) is 225 cm³/mol. The van der Waals surface area contributed by atoms with Crippen LogP contribution in [-0.4, -0.2) is 18.3 Å². The summed E-state index contributed by atoms with van der Waals surface area (Å²) in [5, 5.41) is 15.1. The van der Waals surface area contributed by atoms with Crippen LogP contribution in [0.5, 0.6) is 11.5 Å². The van der Waals surface area contributed by atoms with Crippen LogP contribution in [0.2, 0.25) is 0 Å². The number of rotatable bonds is 10. The third-order valence-corrected chi connectivity index (χ3v) is 13.7. The molecule has 0 radical (unpaired) electrons. The molecule has 0 amide bonds. The van der Waals surface area contributed by atoms with Gasteiger partial charge < -0.3 is 20.1 Å². The molecule has 0 atom stereocenters. The van der Waals surface area contributed by atoms with Crippen LogP contribution in [0, 0.1) is 0 Å². The summed E-state index contributed by atoms with van der Waals surface area (Å²) in [6.45, 7) is 5.24. The molecule has 4 nitrogen and oxygen atoms in total. The molecule has 0 aromatic heterocycles. The Morgan fingerprint density at radius 3 is 1.29 bits per heavy atom. The van der Waals surface area contributed by atoms with Crippen LogP contribution in [0.3, 0.4) is 0 Å². The zero-order valence-electron chi connectivity index (χ0n) is 29.0. The van der Waals surface area contributed by atoms with Crippen molar-refractivity contribution < 1.29 is 9.47 Å². The molecule has 0 saturated carbocycles. The molecular formula is C45H43N2O2PS. The number of thiocarbonyl (C=S) groups is 1. The van der Waals surface area contributed by atoms with Crippen LogP contribution in [0.4, 0.5) is 11.4 Å². The van der Waals surface area contributed by atoms with Gasteiger partial charge in [-0.25, -0.2) is 0 Å². The van der Waals surface area contributed by atoms with Gasteiger partial charge in [0, 0.05) is 11.4 Å². The van der Waals surface area contributed by atoms with Gasteiger partial charge in [0.1, 0.15) is 11.5 Å². The monoisotopic (exact) mass is 706 g/mol. The first kappa shape index (κ1) is 35.3. The van der Waals surface area contributed by atoms with Crippen molar-refractivity contribution in [1.82, 2.24) is 0 Å². The van der Waals surface area contributed by atoms with Gasteiger partial charge in [0.2, 0.25) is 0 Å². The van der Waals surface area contributed by atoms with E-state index in [1.807, 2.05) is 62.4 Å². The van der Waals surface area contributed by atoms with Crippen molar-refractivity contribution in [3.63, 3.8) is 0 Å². The van der Waals surface area contributed by atoms with Crippen LogP contribution < -0.4 is 41.3 Å². The Morgan fingerprint density at radius 1 is 0.471 bits per heavy atom. The van der Waals surface area contributed by atoms with Crippen molar-refractivity contribution >= 4 is 68.0 Å². The van der Waals surface area contributed by atoms with Crippen molar-refractivity contribution in [2.45, 2.75) is 13.8 Å². The molecule has 51 heavy (non-hydrogen) atoms. The number of fused-ring (bicyclic) bond motifs is 1. The number of anilines is 2. The summed E-state index contributed by atoms with van der Waals surface area (Å²) < 4.78 is 10.8.